The van der Waals surface area contributed by atoms with E-state index in [1.807, 2.05) is 0 Å². The van der Waals surface area contributed by atoms with Crippen LogP contribution < -0.4 is 0 Å². The Bertz CT molecular complexity index is 54.8. The van der Waals surface area contributed by atoms with Crippen molar-refractivity contribution in [2.75, 3.05) is 0 Å². The molecule has 0 fully saturated rings. The molecule has 0 atom stereocenters. The predicted octanol–water partition coefficient (Wildman–Crippen LogP) is 14.6. The van der Waals surface area contributed by atoms with E-state index in [1.165, 1.54) is 0 Å². The molecule has 0 unspecified atom stereocenters. The molecule has 0 aliphatic heterocycles. The first-order valence-corrected chi connectivity index (χ1v) is 1.57. The van der Waals surface area contributed by atoms with Crippen LogP contribution in [0.5, 0.6) is 0 Å². The number of rotatable bonds is 2. The van der Waals surface area contributed by atoms with Gasteiger partial charge in [-0.05, 0) is 5.04 Å². The second kappa shape index (κ2) is 1910. The fourth-order valence-corrected chi connectivity index (χ4v) is 0.0456. The molecule has 0 aromatic rings. The van der Waals surface area contributed by atoms with Crippen molar-refractivity contribution in [3.05, 3.63) is 0 Å². The molecule has 0 rings (SSSR count). The quantitative estimate of drug-likeness (QED) is 0.198. The van der Waals surface area contributed by atoms with Crippen molar-refractivity contribution < 1.29 is 53.5 Å². The molecule has 0 saturated heterocycles. The van der Waals surface area contributed by atoms with E-state index in [0.717, 1.165) is 0 Å². The third kappa shape index (κ3) is 3310. The van der Waals surface area contributed by atoms with Crippen molar-refractivity contribution in [2.24, 2.45) is 0 Å². The van der Waals surface area contributed by atoms with Crippen LogP contribution in [-0.4, -0.2) is 14.9 Å². The van der Waals surface area contributed by atoms with Gasteiger partial charge in [0, 0.05) is 34.1 Å². The van der Waals surface area contributed by atoms with Crippen molar-refractivity contribution >= 4 is 9.65 Å². The summed E-state index contributed by atoms with van der Waals surface area (Å²) in [6.07, 6.45) is 0. The molecular weight excluding hydrogens is 492 g/mol. The van der Waals surface area contributed by atoms with Crippen LogP contribution in [0.25, 0.3) is 0 Å². The molecule has 0 aliphatic rings. The zero-order valence-corrected chi connectivity index (χ0v) is 6.09. The molecule has 0 aromatic carbocycles. The molecule has 1 N–H and O–H groups in total. The summed E-state index contributed by atoms with van der Waals surface area (Å²) in [7, 11) is -1.06. The van der Waals surface area contributed by atoms with E-state index < -0.39 is 9.65 Å². The van der Waals surface area contributed by atoms with Gasteiger partial charge in [-0.25, -0.2) is 5.26 Å². The Morgan fingerprint density at radius 2 is 0.452 bits per heavy atom. The van der Waals surface area contributed by atoms with Crippen LogP contribution in [0.3, 0.4) is 0 Å². The van der Waals surface area contributed by atoms with Gasteiger partial charge in [-0.15, -0.1) is 0 Å². The van der Waals surface area contributed by atoms with E-state index in [1.54, 1.807) is 0 Å². The second-order valence-electron chi connectivity index (χ2n) is 0.241. The van der Waals surface area contributed by atoms with Crippen LogP contribution >= 0.6 is 0 Å². The Labute approximate surface area is 240 Å². The SMILES string of the molecule is C.C.C.C.C.C.C.C.C.C.C.C.C.C.C.C.C.C.C.C.C.C.C.C.O=[Si]OOO.[Fe].[Fe]. The van der Waals surface area contributed by atoms with Gasteiger partial charge < -0.3 is 9.04 Å². The van der Waals surface area contributed by atoms with Crippen LogP contribution in [0.15, 0.2) is 0 Å². The summed E-state index contributed by atoms with van der Waals surface area (Å²) < 4.78 is 12.4. The maximum atomic E-state index is 9.05. The molecule has 237 valence electrons. The normalized spacial score (nSPS) is 1.06. The summed E-state index contributed by atoms with van der Waals surface area (Å²) in [5.41, 5.74) is 0. The summed E-state index contributed by atoms with van der Waals surface area (Å²) in [5, 5.41) is 10.0. The molecule has 0 aliphatic carbocycles. The minimum atomic E-state index is -1.06. The van der Waals surface area contributed by atoms with E-state index in [9.17, 15) is 0 Å². The van der Waals surface area contributed by atoms with Gasteiger partial charge in [0.1, 0.15) is 0 Å². The molecule has 0 amide bonds. The Morgan fingerprint density at radius 3 is 0.452 bits per heavy atom. The molecule has 0 bridgehead atoms. The van der Waals surface area contributed by atoms with E-state index >= 15 is 0 Å². The molecular formula is C24H97Fe2O4Si. The summed E-state index contributed by atoms with van der Waals surface area (Å²) >= 11 is 0. The van der Waals surface area contributed by atoms with E-state index in [0.29, 0.717) is 0 Å². The average Bonchev–Trinajstić information content (AvgIpc) is 1.41. The van der Waals surface area contributed by atoms with Gasteiger partial charge in [0.25, 0.3) is 0 Å². The predicted molar refractivity (Wildman–Crippen MR) is 173 cm³/mol. The van der Waals surface area contributed by atoms with Crippen molar-refractivity contribution in [3.63, 3.8) is 0 Å². The maximum Gasteiger partial charge on any atom is 0.632 e. The molecule has 0 heterocycles. The van der Waals surface area contributed by atoms with Crippen molar-refractivity contribution in [2.45, 2.75) is 178 Å². The molecule has 7 heteroatoms. The van der Waals surface area contributed by atoms with Crippen LogP contribution in [0.2, 0.25) is 0 Å². The summed E-state index contributed by atoms with van der Waals surface area (Å²) in [5.74, 6) is 0. The van der Waals surface area contributed by atoms with Crippen molar-refractivity contribution in [3.8, 4) is 0 Å². The van der Waals surface area contributed by atoms with Crippen LogP contribution in [0.4, 0.5) is 0 Å². The van der Waals surface area contributed by atoms with Gasteiger partial charge in [-0.1, -0.05) is 178 Å². The van der Waals surface area contributed by atoms with Gasteiger partial charge in [0.2, 0.25) is 0 Å². The zero-order chi connectivity index (χ0) is 4.12. The summed E-state index contributed by atoms with van der Waals surface area (Å²) in [6.45, 7) is 0. The molecule has 0 aromatic heterocycles. The van der Waals surface area contributed by atoms with E-state index in [-0.39, 0.29) is 212 Å². The van der Waals surface area contributed by atoms with Crippen LogP contribution in [0, 0.1) is 0 Å². The molecule has 0 spiro atoms. The average molecular weight is 590 g/mol. The molecule has 0 saturated carbocycles. The van der Waals surface area contributed by atoms with Gasteiger partial charge >= 0.3 is 9.65 Å². The molecule has 1 radical (unpaired) electrons. The van der Waals surface area contributed by atoms with Crippen LogP contribution in [0.1, 0.15) is 178 Å². The second-order valence-corrected chi connectivity index (χ2v) is 0.575. The third-order valence-electron chi connectivity index (χ3n) is 0.0713. The first-order valence-electron chi connectivity index (χ1n) is 0.757. The summed E-state index contributed by atoms with van der Waals surface area (Å²) in [6, 6.07) is 0. The Morgan fingerprint density at radius 1 is 0.355 bits per heavy atom. The molecule has 31 heavy (non-hydrogen) atoms. The van der Waals surface area contributed by atoms with Crippen molar-refractivity contribution in [1.29, 1.82) is 0 Å². The minimum Gasteiger partial charge on any atom is -0.327 e. The molecule has 4 nitrogen and oxygen atoms in total. The van der Waals surface area contributed by atoms with Gasteiger partial charge in [0.05, 0.1) is 0 Å². The Kier molecular flexibility index (Phi) is 81500. The van der Waals surface area contributed by atoms with Gasteiger partial charge in [0.15, 0.2) is 0 Å². The first kappa shape index (κ1) is 1320. The van der Waals surface area contributed by atoms with E-state index in [4.69, 9.17) is 9.72 Å². The smallest absolute Gasteiger partial charge is 0.327 e. The third-order valence-corrected chi connectivity index (χ3v) is 0.214. The van der Waals surface area contributed by atoms with Crippen molar-refractivity contribution in [1.82, 2.24) is 0 Å². The Hall–Kier alpha value is 0.776. The monoisotopic (exact) mass is 590 g/mol. The Balaban J connectivity index is -0.000000000246. The topological polar surface area (TPSA) is 55.8 Å². The van der Waals surface area contributed by atoms with E-state index in [2.05, 4.69) is 9.61 Å². The first-order chi connectivity index (χ1) is 2.41. The maximum absolute atomic E-state index is 9.05. The number of hydrogen-bond acceptors (Lipinski definition) is 4. The van der Waals surface area contributed by atoms with Crippen LogP contribution in [-0.2, 0) is 48.2 Å². The zero-order valence-electron chi connectivity index (χ0n) is 2.88. The van der Waals surface area contributed by atoms with Gasteiger partial charge in [-0.2, -0.15) is 0 Å². The largest absolute Gasteiger partial charge is 0.632 e. The fourth-order valence-electron chi connectivity index (χ4n) is 0.0152. The fraction of sp³-hybridized carbons (Fsp3) is 1.00. The minimum absolute atomic E-state index is 0. The summed E-state index contributed by atoms with van der Waals surface area (Å²) in [4.78, 5) is 0. The standard InChI is InChI=1S/24CH4.2Fe.HO4Si/c;;;;;;;;;;;;;;;;;;;;;;;;;;1-3-4-5-2/h24*1H4;;;1H. The number of hydrogen-bond donors (Lipinski definition) is 1. The van der Waals surface area contributed by atoms with Gasteiger partial charge in [-0.3, -0.25) is 0 Å².